The second kappa shape index (κ2) is 20.7. The van der Waals surface area contributed by atoms with Gasteiger partial charge >= 0.3 is 0 Å². The van der Waals surface area contributed by atoms with Crippen molar-refractivity contribution < 1.29 is 9.47 Å². The maximum Gasteiger partial charge on any atom is 0.263 e. The summed E-state index contributed by atoms with van der Waals surface area (Å²) in [4.78, 5) is 0. The molecule has 200 valence electrons. The van der Waals surface area contributed by atoms with Gasteiger partial charge in [0.25, 0.3) is 11.8 Å². The molecule has 0 saturated carbocycles. The second-order valence-electron chi connectivity index (χ2n) is 9.83. The summed E-state index contributed by atoms with van der Waals surface area (Å²) < 4.78 is 20.5. The highest BCUT2D eigenvalue weighted by Gasteiger charge is 2.15. The van der Waals surface area contributed by atoms with Crippen molar-refractivity contribution in [3.63, 3.8) is 0 Å². The minimum Gasteiger partial charge on any atom is -0.475 e. The quantitative estimate of drug-likeness (QED) is 0.132. The number of unbranched alkanes of at least 4 members (excludes halogenated alkanes) is 18. The fourth-order valence-corrected chi connectivity index (χ4v) is 4.90. The van der Waals surface area contributed by atoms with Crippen molar-refractivity contribution in [1.29, 1.82) is 0 Å². The lowest BCUT2D eigenvalue weighted by Gasteiger charge is -2.08. The van der Waals surface area contributed by atoms with Gasteiger partial charge in [-0.2, -0.15) is 8.75 Å². The van der Waals surface area contributed by atoms with Crippen molar-refractivity contribution >= 4 is 22.8 Å². The molecule has 2 rings (SSSR count). The van der Waals surface area contributed by atoms with E-state index in [1.165, 1.54) is 116 Å². The highest BCUT2D eigenvalue weighted by molar-refractivity contribution is 7.00. The van der Waals surface area contributed by atoms with Crippen LogP contribution >= 0.6 is 11.7 Å². The van der Waals surface area contributed by atoms with Crippen LogP contribution < -0.4 is 9.47 Å². The molecule has 6 nitrogen and oxygen atoms in total. The van der Waals surface area contributed by atoms with Crippen LogP contribution in [0.4, 0.5) is 0 Å². The normalized spacial score (nSPS) is 11.4. The lowest BCUT2D eigenvalue weighted by Crippen LogP contribution is -2.04. The number of ether oxygens (including phenoxy) is 2. The van der Waals surface area contributed by atoms with Gasteiger partial charge in [-0.15, -0.1) is 10.2 Å². The van der Waals surface area contributed by atoms with Gasteiger partial charge in [-0.25, -0.2) is 0 Å². The van der Waals surface area contributed by atoms with E-state index in [-0.39, 0.29) is 0 Å². The summed E-state index contributed by atoms with van der Waals surface area (Å²) in [6.07, 6.45) is 26.2. The van der Waals surface area contributed by atoms with Crippen molar-refractivity contribution in [2.75, 3.05) is 13.2 Å². The Bertz CT molecular complexity index is 696. The molecule has 0 spiro atoms. The first-order valence-electron chi connectivity index (χ1n) is 14.6. The monoisotopic (exact) mass is 506 g/mol. The van der Waals surface area contributed by atoms with Crippen molar-refractivity contribution in [2.24, 2.45) is 0 Å². The van der Waals surface area contributed by atoms with E-state index < -0.39 is 0 Å². The highest BCUT2D eigenvalue weighted by atomic mass is 32.1. The number of fused-ring (bicyclic) bond motifs is 1. The molecular weight excluding hydrogens is 456 g/mol. The third-order valence-corrected chi connectivity index (χ3v) is 7.13. The predicted molar refractivity (Wildman–Crippen MR) is 148 cm³/mol. The molecule has 0 unspecified atom stereocenters. The van der Waals surface area contributed by atoms with Crippen LogP contribution in [0, 0.1) is 0 Å². The van der Waals surface area contributed by atoms with Gasteiger partial charge in [0.1, 0.15) is 0 Å². The zero-order chi connectivity index (χ0) is 24.8. The molecule has 0 aliphatic rings. The average Bonchev–Trinajstić information content (AvgIpc) is 3.37. The summed E-state index contributed by atoms with van der Waals surface area (Å²) in [5, 5.41) is 8.48. The molecule has 2 heterocycles. The molecular formula is C28H50N4O2S. The van der Waals surface area contributed by atoms with Gasteiger partial charge in [0.05, 0.1) is 24.9 Å². The summed E-state index contributed by atoms with van der Waals surface area (Å²) in [5.41, 5.74) is 1.35. The molecule has 35 heavy (non-hydrogen) atoms. The number of aromatic nitrogens is 4. The lowest BCUT2D eigenvalue weighted by molar-refractivity contribution is 0.278. The average molecular weight is 507 g/mol. The minimum atomic E-state index is 0.482. The van der Waals surface area contributed by atoms with Crippen molar-refractivity contribution in [3.05, 3.63) is 0 Å². The Morgan fingerprint density at radius 1 is 0.457 bits per heavy atom. The van der Waals surface area contributed by atoms with Gasteiger partial charge in [-0.05, 0) is 12.8 Å². The van der Waals surface area contributed by atoms with Gasteiger partial charge in [0.2, 0.25) is 0 Å². The topological polar surface area (TPSA) is 70.0 Å². The number of hydrogen-bond acceptors (Lipinski definition) is 7. The van der Waals surface area contributed by atoms with Crippen LogP contribution in [0.5, 0.6) is 11.8 Å². The smallest absolute Gasteiger partial charge is 0.263 e. The molecule has 0 bridgehead atoms. The number of hydrogen-bond donors (Lipinski definition) is 0. The number of rotatable bonds is 24. The molecule has 0 saturated heterocycles. The van der Waals surface area contributed by atoms with E-state index in [2.05, 4.69) is 32.8 Å². The van der Waals surface area contributed by atoms with Gasteiger partial charge in [0, 0.05) is 0 Å². The third-order valence-electron chi connectivity index (χ3n) is 6.60. The molecule has 0 aromatic carbocycles. The Labute approximate surface area is 218 Å². The first kappa shape index (κ1) is 29.7. The van der Waals surface area contributed by atoms with Crippen molar-refractivity contribution in [1.82, 2.24) is 18.9 Å². The summed E-state index contributed by atoms with van der Waals surface area (Å²) in [7, 11) is 0. The minimum absolute atomic E-state index is 0.482. The third kappa shape index (κ3) is 13.4. The fraction of sp³-hybridized carbons (Fsp3) is 0.857. The maximum atomic E-state index is 5.89. The van der Waals surface area contributed by atoms with E-state index in [9.17, 15) is 0 Å². The number of nitrogens with zero attached hydrogens (tertiary/aromatic N) is 4. The molecule has 0 aliphatic heterocycles. The van der Waals surface area contributed by atoms with Gasteiger partial charge in [-0.3, -0.25) is 0 Å². The van der Waals surface area contributed by atoms with E-state index in [1.54, 1.807) is 0 Å². The fourth-order valence-electron chi connectivity index (χ4n) is 4.37. The molecule has 7 heteroatoms. The SMILES string of the molecule is CCCCCCCCCCCCOc1nnc(OCCCCCCCCCCCC)c2nsnc12. The van der Waals surface area contributed by atoms with Crippen LogP contribution in [0.25, 0.3) is 11.0 Å². The molecule has 0 radical (unpaired) electrons. The van der Waals surface area contributed by atoms with Crippen LogP contribution in [0.2, 0.25) is 0 Å². The first-order valence-corrected chi connectivity index (χ1v) is 15.3. The predicted octanol–water partition coefficient (Wildman–Crippen LogP) is 9.08. The molecule has 0 N–H and O–H groups in total. The summed E-state index contributed by atoms with van der Waals surface area (Å²) in [6, 6.07) is 0. The van der Waals surface area contributed by atoms with E-state index in [0.29, 0.717) is 36.0 Å². The van der Waals surface area contributed by atoms with E-state index in [4.69, 9.17) is 9.47 Å². The van der Waals surface area contributed by atoms with Crippen LogP contribution in [0.1, 0.15) is 142 Å². The summed E-state index contributed by atoms with van der Waals surface area (Å²) in [5.74, 6) is 0.965. The van der Waals surface area contributed by atoms with Crippen molar-refractivity contribution in [3.8, 4) is 11.8 Å². The Hall–Kier alpha value is -1.50. The molecule has 2 aromatic rings. The van der Waals surface area contributed by atoms with Crippen LogP contribution in [-0.4, -0.2) is 32.2 Å². The van der Waals surface area contributed by atoms with Gasteiger partial charge in [-0.1, -0.05) is 129 Å². The second-order valence-corrected chi connectivity index (χ2v) is 10.4. The molecule has 0 fully saturated rings. The zero-order valence-corrected chi connectivity index (χ0v) is 23.4. The molecule has 0 atom stereocenters. The van der Waals surface area contributed by atoms with E-state index in [1.807, 2.05) is 0 Å². The van der Waals surface area contributed by atoms with Crippen LogP contribution in [-0.2, 0) is 0 Å². The Kier molecular flexibility index (Phi) is 17.6. The van der Waals surface area contributed by atoms with E-state index >= 15 is 0 Å². The standard InChI is InChI=1S/C28H50N4O2S/c1-3-5-7-9-11-13-15-17-19-21-23-33-27-25-26(32-35-31-25)28(30-29-27)34-24-22-20-18-16-14-12-10-8-6-4-2/h3-24H2,1-2H3. The Morgan fingerprint density at radius 2 is 0.771 bits per heavy atom. The summed E-state index contributed by atoms with van der Waals surface area (Å²) >= 11 is 1.16. The zero-order valence-electron chi connectivity index (χ0n) is 22.6. The Balaban J connectivity index is 1.54. The molecule has 0 aliphatic carbocycles. The lowest BCUT2D eigenvalue weighted by atomic mass is 10.1. The van der Waals surface area contributed by atoms with Crippen molar-refractivity contribution in [2.45, 2.75) is 142 Å². The maximum absolute atomic E-state index is 5.89. The largest absolute Gasteiger partial charge is 0.475 e. The Morgan fingerprint density at radius 3 is 1.11 bits per heavy atom. The molecule has 2 aromatic heterocycles. The highest BCUT2D eigenvalue weighted by Crippen LogP contribution is 2.27. The summed E-state index contributed by atoms with van der Waals surface area (Å²) in [6.45, 7) is 5.84. The van der Waals surface area contributed by atoms with Crippen LogP contribution in [0.15, 0.2) is 0 Å². The van der Waals surface area contributed by atoms with E-state index in [0.717, 1.165) is 24.6 Å². The molecule has 0 amide bonds. The van der Waals surface area contributed by atoms with Gasteiger partial charge < -0.3 is 9.47 Å². The van der Waals surface area contributed by atoms with Gasteiger partial charge in [0.15, 0.2) is 11.0 Å². The van der Waals surface area contributed by atoms with Crippen LogP contribution in [0.3, 0.4) is 0 Å². The first-order chi connectivity index (χ1) is 17.4.